The molecule has 28 heavy (non-hydrogen) atoms. The number of halogens is 1. The predicted octanol–water partition coefficient (Wildman–Crippen LogP) is 4.09. The number of hydrogen-bond donors (Lipinski definition) is 2. The van der Waals surface area contributed by atoms with Gasteiger partial charge in [0.1, 0.15) is 0 Å². The average Bonchev–Trinajstić information content (AvgIpc) is 3.17. The van der Waals surface area contributed by atoms with Gasteiger partial charge in [0.05, 0.1) is 5.01 Å². The number of thiazole rings is 1. The van der Waals surface area contributed by atoms with Crippen molar-refractivity contribution in [3.8, 4) is 0 Å². The van der Waals surface area contributed by atoms with Gasteiger partial charge in [0.2, 0.25) is 0 Å². The Bertz CT molecular complexity index is 711. The fourth-order valence-corrected chi connectivity index (χ4v) is 4.18. The number of nitrogens with zero attached hydrogens (tertiary/aromatic N) is 3. The maximum absolute atomic E-state index is 4.76. The summed E-state index contributed by atoms with van der Waals surface area (Å²) >= 11 is 1.80. The van der Waals surface area contributed by atoms with Crippen molar-refractivity contribution in [3.63, 3.8) is 0 Å². The zero-order valence-corrected chi connectivity index (χ0v) is 20.0. The van der Waals surface area contributed by atoms with E-state index in [0.29, 0.717) is 6.04 Å². The largest absolute Gasteiger partial charge is 0.371 e. The normalized spacial score (nSPS) is 15.2. The number of piperidine rings is 1. The molecule has 1 fully saturated rings. The summed E-state index contributed by atoms with van der Waals surface area (Å²) in [6.45, 7) is 8.11. The Kier molecular flexibility index (Phi) is 10.0. The van der Waals surface area contributed by atoms with E-state index in [4.69, 9.17) is 4.99 Å². The first-order chi connectivity index (χ1) is 13.3. The standard InChI is InChI=1S/C21H31N5S.HI/c1-3-19-16-24-20(27-19)10-13-23-21(22-4-2)25-17-11-14-26(15-12-17)18-8-6-5-7-9-18;/h5-9,16-17H,3-4,10-15H2,1-2H3,(H2,22,23,25);1H. The van der Waals surface area contributed by atoms with Gasteiger partial charge in [-0.3, -0.25) is 4.99 Å². The number of rotatable bonds is 7. The minimum Gasteiger partial charge on any atom is -0.371 e. The van der Waals surface area contributed by atoms with Crippen LogP contribution >= 0.6 is 35.3 Å². The molecule has 1 saturated heterocycles. The number of guanidine groups is 1. The van der Waals surface area contributed by atoms with E-state index in [9.17, 15) is 0 Å². The molecule has 0 saturated carbocycles. The van der Waals surface area contributed by atoms with Crippen LogP contribution in [0.1, 0.15) is 36.6 Å². The fraction of sp³-hybridized carbons (Fsp3) is 0.524. The van der Waals surface area contributed by atoms with Gasteiger partial charge in [-0.2, -0.15) is 0 Å². The first kappa shape index (κ1) is 22.9. The lowest BCUT2D eigenvalue weighted by molar-refractivity contribution is 0.461. The second-order valence-electron chi connectivity index (χ2n) is 6.83. The molecule has 1 aliphatic heterocycles. The molecule has 0 spiro atoms. The average molecular weight is 513 g/mol. The van der Waals surface area contributed by atoms with Gasteiger partial charge in [0.25, 0.3) is 0 Å². The number of aliphatic imine (C=N–C) groups is 1. The van der Waals surface area contributed by atoms with Gasteiger partial charge in [-0.25, -0.2) is 4.98 Å². The van der Waals surface area contributed by atoms with Crippen LogP contribution in [0.15, 0.2) is 41.5 Å². The van der Waals surface area contributed by atoms with Crippen molar-refractivity contribution < 1.29 is 0 Å². The van der Waals surface area contributed by atoms with Crippen molar-refractivity contribution in [1.29, 1.82) is 0 Å². The second kappa shape index (κ2) is 12.3. The van der Waals surface area contributed by atoms with Gasteiger partial charge in [-0.05, 0) is 38.3 Å². The number of hydrogen-bond acceptors (Lipinski definition) is 4. The van der Waals surface area contributed by atoms with Gasteiger partial charge < -0.3 is 15.5 Å². The smallest absolute Gasteiger partial charge is 0.191 e. The minimum atomic E-state index is 0. The number of nitrogens with one attached hydrogen (secondary N) is 2. The summed E-state index contributed by atoms with van der Waals surface area (Å²) in [5, 5.41) is 8.19. The Morgan fingerprint density at radius 1 is 1.21 bits per heavy atom. The lowest BCUT2D eigenvalue weighted by Gasteiger charge is -2.34. The molecular formula is C21H32IN5S. The summed E-state index contributed by atoms with van der Waals surface area (Å²) in [6, 6.07) is 11.2. The molecular weight excluding hydrogens is 481 g/mol. The zero-order valence-electron chi connectivity index (χ0n) is 16.9. The lowest BCUT2D eigenvalue weighted by Crippen LogP contribution is -2.48. The Morgan fingerprint density at radius 3 is 2.61 bits per heavy atom. The monoisotopic (exact) mass is 513 g/mol. The molecule has 0 atom stereocenters. The second-order valence-corrected chi connectivity index (χ2v) is 8.03. The van der Waals surface area contributed by atoms with Gasteiger partial charge >= 0.3 is 0 Å². The highest BCUT2D eigenvalue weighted by atomic mass is 127. The molecule has 3 rings (SSSR count). The maximum Gasteiger partial charge on any atom is 0.191 e. The van der Waals surface area contributed by atoms with Crippen molar-refractivity contribution in [2.45, 2.75) is 45.6 Å². The molecule has 1 aromatic carbocycles. The van der Waals surface area contributed by atoms with Crippen molar-refractivity contribution in [2.75, 3.05) is 31.1 Å². The Balaban J connectivity index is 0.00000280. The van der Waals surface area contributed by atoms with Crippen molar-refractivity contribution in [2.24, 2.45) is 4.99 Å². The molecule has 2 N–H and O–H groups in total. The van der Waals surface area contributed by atoms with E-state index in [1.807, 2.05) is 6.20 Å². The summed E-state index contributed by atoms with van der Waals surface area (Å²) < 4.78 is 0. The summed E-state index contributed by atoms with van der Waals surface area (Å²) in [6.07, 6.45) is 6.23. The quantitative estimate of drug-likeness (QED) is 0.333. The number of aryl methyl sites for hydroxylation is 1. The SMILES string of the molecule is CCNC(=NCCc1ncc(CC)s1)NC1CCN(c2ccccc2)CC1.I. The summed E-state index contributed by atoms with van der Waals surface area (Å²) in [5.74, 6) is 0.933. The summed E-state index contributed by atoms with van der Waals surface area (Å²) in [4.78, 5) is 13.1. The topological polar surface area (TPSA) is 52.6 Å². The van der Waals surface area contributed by atoms with Crippen LogP contribution in [0.3, 0.4) is 0 Å². The Hall–Kier alpha value is -1.35. The highest BCUT2D eigenvalue weighted by Gasteiger charge is 2.20. The molecule has 1 aliphatic rings. The molecule has 1 aromatic heterocycles. The Morgan fingerprint density at radius 2 is 1.96 bits per heavy atom. The van der Waals surface area contributed by atoms with Crippen LogP contribution in [0.4, 0.5) is 5.69 Å². The third-order valence-electron chi connectivity index (χ3n) is 4.85. The molecule has 0 bridgehead atoms. The third kappa shape index (κ3) is 6.92. The molecule has 7 heteroatoms. The number of aromatic nitrogens is 1. The van der Waals surface area contributed by atoms with E-state index >= 15 is 0 Å². The van der Waals surface area contributed by atoms with E-state index < -0.39 is 0 Å². The highest BCUT2D eigenvalue weighted by molar-refractivity contribution is 14.0. The highest BCUT2D eigenvalue weighted by Crippen LogP contribution is 2.19. The van der Waals surface area contributed by atoms with Crippen LogP contribution < -0.4 is 15.5 Å². The van der Waals surface area contributed by atoms with E-state index in [1.54, 1.807) is 11.3 Å². The Labute approximate surface area is 190 Å². The van der Waals surface area contributed by atoms with Gasteiger partial charge in [-0.15, -0.1) is 35.3 Å². The molecule has 2 aromatic rings. The minimum absolute atomic E-state index is 0. The van der Waals surface area contributed by atoms with E-state index in [1.165, 1.54) is 15.6 Å². The first-order valence-corrected chi connectivity index (χ1v) is 10.9. The van der Waals surface area contributed by atoms with E-state index in [2.05, 4.69) is 64.7 Å². The number of benzene rings is 1. The first-order valence-electron chi connectivity index (χ1n) is 10.1. The van der Waals surface area contributed by atoms with Crippen molar-refractivity contribution >= 4 is 47.0 Å². The molecule has 0 amide bonds. The van der Waals surface area contributed by atoms with E-state index in [0.717, 1.165) is 57.8 Å². The third-order valence-corrected chi connectivity index (χ3v) is 6.05. The lowest BCUT2D eigenvalue weighted by atomic mass is 10.0. The summed E-state index contributed by atoms with van der Waals surface area (Å²) in [7, 11) is 0. The van der Waals surface area contributed by atoms with Crippen LogP contribution in [-0.4, -0.2) is 43.2 Å². The molecule has 154 valence electrons. The predicted molar refractivity (Wildman–Crippen MR) is 131 cm³/mol. The zero-order chi connectivity index (χ0) is 18.9. The number of anilines is 1. The van der Waals surface area contributed by atoms with Crippen LogP contribution in [0.2, 0.25) is 0 Å². The van der Waals surface area contributed by atoms with Gasteiger partial charge in [-0.1, -0.05) is 25.1 Å². The molecule has 0 radical (unpaired) electrons. The maximum atomic E-state index is 4.76. The van der Waals surface area contributed by atoms with Crippen LogP contribution in [0.5, 0.6) is 0 Å². The molecule has 5 nitrogen and oxygen atoms in total. The van der Waals surface area contributed by atoms with Crippen molar-refractivity contribution in [3.05, 3.63) is 46.4 Å². The number of para-hydroxylation sites is 1. The molecule has 2 heterocycles. The molecule has 0 aliphatic carbocycles. The van der Waals surface area contributed by atoms with Crippen LogP contribution in [0.25, 0.3) is 0 Å². The summed E-state index contributed by atoms with van der Waals surface area (Å²) in [5.41, 5.74) is 1.33. The fourth-order valence-electron chi connectivity index (χ4n) is 3.32. The van der Waals surface area contributed by atoms with Crippen molar-refractivity contribution in [1.82, 2.24) is 15.6 Å². The van der Waals surface area contributed by atoms with E-state index in [-0.39, 0.29) is 24.0 Å². The molecule has 0 unspecified atom stereocenters. The van der Waals surface area contributed by atoms with Crippen LogP contribution in [0, 0.1) is 0 Å². The van der Waals surface area contributed by atoms with Crippen LogP contribution in [-0.2, 0) is 12.8 Å². The van der Waals surface area contributed by atoms with Gasteiger partial charge in [0.15, 0.2) is 5.96 Å². The van der Waals surface area contributed by atoms with Gasteiger partial charge in [0, 0.05) is 55.4 Å².